The van der Waals surface area contributed by atoms with Crippen LogP contribution in [0.15, 0.2) is 0 Å². The van der Waals surface area contributed by atoms with E-state index in [1.807, 2.05) is 0 Å². The van der Waals surface area contributed by atoms with Crippen molar-refractivity contribution in [2.45, 2.75) is 38.6 Å². The van der Waals surface area contributed by atoms with Crippen molar-refractivity contribution >= 4 is 0 Å². The number of hydrogen-bond acceptors (Lipinski definition) is 4. The number of rotatable bonds is 0. The predicted octanol–water partition coefficient (Wildman–Crippen LogP) is -0.553. The fourth-order valence-corrected chi connectivity index (χ4v) is 0.796. The monoisotopic (exact) mass is 148 g/mol. The van der Waals surface area contributed by atoms with Gasteiger partial charge in [-0.2, -0.15) is 0 Å². The fourth-order valence-electron chi connectivity index (χ4n) is 0.796. The lowest BCUT2D eigenvalue weighted by Gasteiger charge is -2.33. The molecule has 0 amide bonds. The second kappa shape index (κ2) is 2.84. The molecule has 4 heteroatoms. The first-order chi connectivity index (χ1) is 4.61. The van der Waals surface area contributed by atoms with E-state index in [1.54, 1.807) is 13.8 Å². The molecule has 10 heavy (non-hydrogen) atoms. The van der Waals surface area contributed by atoms with Crippen molar-refractivity contribution in [2.75, 3.05) is 0 Å². The van der Waals surface area contributed by atoms with Gasteiger partial charge in [0.2, 0.25) is 12.6 Å². The maximum atomic E-state index is 8.87. The molecular formula is C6H12O4. The Morgan fingerprint density at radius 3 is 1.50 bits per heavy atom. The highest BCUT2D eigenvalue weighted by Crippen LogP contribution is 2.16. The lowest BCUT2D eigenvalue weighted by Crippen LogP contribution is -2.46. The van der Waals surface area contributed by atoms with Crippen molar-refractivity contribution in [1.29, 1.82) is 0 Å². The van der Waals surface area contributed by atoms with Gasteiger partial charge in [0.25, 0.3) is 0 Å². The summed E-state index contributed by atoms with van der Waals surface area (Å²) in [7, 11) is 0. The summed E-state index contributed by atoms with van der Waals surface area (Å²) in [5.74, 6) is 0. The summed E-state index contributed by atoms with van der Waals surface area (Å²) < 4.78 is 9.78. The van der Waals surface area contributed by atoms with Crippen LogP contribution in [0.3, 0.4) is 0 Å². The Balaban J connectivity index is 2.46. The predicted molar refractivity (Wildman–Crippen MR) is 33.1 cm³/mol. The van der Waals surface area contributed by atoms with Crippen LogP contribution in [0.5, 0.6) is 0 Å². The summed E-state index contributed by atoms with van der Waals surface area (Å²) in [5, 5.41) is 17.7. The third-order valence-corrected chi connectivity index (χ3v) is 1.61. The maximum absolute atomic E-state index is 8.87. The third-order valence-electron chi connectivity index (χ3n) is 1.61. The average molecular weight is 148 g/mol. The number of aliphatic hydroxyl groups is 2. The Morgan fingerprint density at radius 2 is 1.20 bits per heavy atom. The number of ether oxygens (including phenoxy) is 2. The Labute approximate surface area is 59.4 Å². The van der Waals surface area contributed by atoms with Gasteiger partial charge in [-0.05, 0) is 13.8 Å². The number of hydrogen-bond donors (Lipinski definition) is 2. The molecule has 0 aliphatic carbocycles. The standard InChI is InChI=1S/C6H12O4/c1-3-4(2)10-6(8)5(7)9-3/h3-8H,1-2H3/t3?,4?,5-,6+. The quantitative estimate of drug-likeness (QED) is 0.483. The molecule has 1 rings (SSSR count). The Bertz CT molecular complexity index is 90.3. The largest absolute Gasteiger partial charge is 0.364 e. The Hall–Kier alpha value is -0.160. The lowest BCUT2D eigenvalue weighted by atomic mass is 10.2. The van der Waals surface area contributed by atoms with Gasteiger partial charge >= 0.3 is 0 Å². The molecule has 0 saturated carbocycles. The van der Waals surface area contributed by atoms with Crippen LogP contribution in [-0.2, 0) is 9.47 Å². The van der Waals surface area contributed by atoms with E-state index in [4.69, 9.17) is 19.7 Å². The molecule has 1 heterocycles. The zero-order valence-corrected chi connectivity index (χ0v) is 6.02. The minimum Gasteiger partial charge on any atom is -0.364 e. The van der Waals surface area contributed by atoms with E-state index in [2.05, 4.69) is 0 Å². The molecular weight excluding hydrogens is 136 g/mol. The first kappa shape index (κ1) is 7.94. The van der Waals surface area contributed by atoms with Gasteiger partial charge < -0.3 is 19.7 Å². The smallest absolute Gasteiger partial charge is 0.207 e. The van der Waals surface area contributed by atoms with Crippen LogP contribution in [-0.4, -0.2) is 35.0 Å². The maximum Gasteiger partial charge on any atom is 0.207 e. The Kier molecular flexibility index (Phi) is 2.25. The minimum atomic E-state index is -1.20. The van der Waals surface area contributed by atoms with E-state index in [0.717, 1.165) is 0 Å². The van der Waals surface area contributed by atoms with E-state index < -0.39 is 12.6 Å². The van der Waals surface area contributed by atoms with Gasteiger partial charge in [-0.3, -0.25) is 0 Å². The summed E-state index contributed by atoms with van der Waals surface area (Å²) >= 11 is 0. The van der Waals surface area contributed by atoms with E-state index in [-0.39, 0.29) is 12.2 Å². The van der Waals surface area contributed by atoms with Gasteiger partial charge in [0.1, 0.15) is 0 Å². The van der Waals surface area contributed by atoms with Gasteiger partial charge in [0.15, 0.2) is 0 Å². The van der Waals surface area contributed by atoms with Crippen LogP contribution in [0, 0.1) is 0 Å². The molecule has 1 fully saturated rings. The Morgan fingerprint density at radius 1 is 0.900 bits per heavy atom. The number of aliphatic hydroxyl groups excluding tert-OH is 2. The molecule has 0 aromatic heterocycles. The topological polar surface area (TPSA) is 58.9 Å². The van der Waals surface area contributed by atoms with Gasteiger partial charge in [-0.1, -0.05) is 0 Å². The van der Waals surface area contributed by atoms with Crippen LogP contribution in [0.25, 0.3) is 0 Å². The van der Waals surface area contributed by atoms with E-state index in [9.17, 15) is 0 Å². The summed E-state index contributed by atoms with van der Waals surface area (Å²) in [6.45, 7) is 3.56. The summed E-state index contributed by atoms with van der Waals surface area (Å²) in [4.78, 5) is 0. The molecule has 2 unspecified atom stereocenters. The first-order valence-corrected chi connectivity index (χ1v) is 3.28. The third kappa shape index (κ3) is 1.46. The van der Waals surface area contributed by atoms with Crippen molar-refractivity contribution < 1.29 is 19.7 Å². The second-order valence-electron chi connectivity index (χ2n) is 2.46. The molecule has 4 atom stereocenters. The molecule has 0 bridgehead atoms. The van der Waals surface area contributed by atoms with E-state index in [0.29, 0.717) is 0 Å². The normalized spacial score (nSPS) is 49.2. The molecule has 0 radical (unpaired) electrons. The van der Waals surface area contributed by atoms with Gasteiger partial charge in [-0.15, -0.1) is 0 Å². The van der Waals surface area contributed by atoms with E-state index in [1.165, 1.54) is 0 Å². The van der Waals surface area contributed by atoms with Gasteiger partial charge in [-0.25, -0.2) is 0 Å². The molecule has 2 N–H and O–H groups in total. The van der Waals surface area contributed by atoms with Gasteiger partial charge in [0.05, 0.1) is 12.2 Å². The summed E-state index contributed by atoms with van der Waals surface area (Å²) in [6.07, 6.45) is -2.74. The van der Waals surface area contributed by atoms with Crippen LogP contribution in [0.1, 0.15) is 13.8 Å². The minimum absolute atomic E-state index is 0.168. The van der Waals surface area contributed by atoms with Gasteiger partial charge in [0, 0.05) is 0 Å². The van der Waals surface area contributed by atoms with Crippen molar-refractivity contribution in [2.24, 2.45) is 0 Å². The van der Waals surface area contributed by atoms with Crippen LogP contribution in [0.4, 0.5) is 0 Å². The average Bonchev–Trinajstić information content (AvgIpc) is 1.84. The van der Waals surface area contributed by atoms with Crippen molar-refractivity contribution in [1.82, 2.24) is 0 Å². The summed E-state index contributed by atoms with van der Waals surface area (Å²) in [5.41, 5.74) is 0. The molecule has 4 nitrogen and oxygen atoms in total. The zero-order chi connectivity index (χ0) is 7.72. The lowest BCUT2D eigenvalue weighted by molar-refractivity contribution is -0.332. The van der Waals surface area contributed by atoms with Crippen molar-refractivity contribution in [3.8, 4) is 0 Å². The second-order valence-corrected chi connectivity index (χ2v) is 2.46. The first-order valence-electron chi connectivity index (χ1n) is 3.28. The van der Waals surface area contributed by atoms with E-state index >= 15 is 0 Å². The zero-order valence-electron chi connectivity index (χ0n) is 6.02. The molecule has 0 aromatic rings. The SMILES string of the molecule is CC1O[C@@H](O)[C@@H](O)OC1C. The highest BCUT2D eigenvalue weighted by Gasteiger charge is 2.31. The molecule has 1 aliphatic rings. The van der Waals surface area contributed by atoms with Crippen molar-refractivity contribution in [3.63, 3.8) is 0 Å². The molecule has 1 aliphatic heterocycles. The van der Waals surface area contributed by atoms with Crippen LogP contribution < -0.4 is 0 Å². The fraction of sp³-hybridized carbons (Fsp3) is 1.00. The molecule has 60 valence electrons. The van der Waals surface area contributed by atoms with Crippen LogP contribution in [0.2, 0.25) is 0 Å². The molecule has 0 aromatic carbocycles. The summed E-state index contributed by atoms with van der Waals surface area (Å²) in [6, 6.07) is 0. The van der Waals surface area contributed by atoms with Crippen LogP contribution >= 0.6 is 0 Å². The van der Waals surface area contributed by atoms with Crippen molar-refractivity contribution in [3.05, 3.63) is 0 Å². The highest BCUT2D eigenvalue weighted by molar-refractivity contribution is 4.67. The molecule has 1 saturated heterocycles. The highest BCUT2D eigenvalue weighted by atomic mass is 16.7. The molecule has 0 spiro atoms.